The summed E-state index contributed by atoms with van der Waals surface area (Å²) in [6, 6.07) is 5.73. The molecule has 0 aliphatic rings. The van der Waals surface area contributed by atoms with Crippen LogP contribution in [0.2, 0.25) is 0 Å². The fourth-order valence-corrected chi connectivity index (χ4v) is 0.497. The third-order valence-corrected chi connectivity index (χ3v) is 0.897. The molecule has 0 aliphatic carbocycles. The summed E-state index contributed by atoms with van der Waals surface area (Å²) < 4.78 is 0. The second-order valence-corrected chi connectivity index (χ2v) is 1.56. The van der Waals surface area contributed by atoms with E-state index in [-0.39, 0.29) is 6.47 Å². The van der Waals surface area contributed by atoms with E-state index in [0.717, 1.165) is 5.69 Å². The number of carboxylic acid groups (broad SMARTS) is 1. The van der Waals surface area contributed by atoms with Crippen molar-refractivity contribution in [2.45, 2.75) is 0 Å². The zero-order valence-corrected chi connectivity index (χ0v) is 5.97. The van der Waals surface area contributed by atoms with Crippen LogP contribution < -0.4 is 0 Å². The molecular formula is C8H9NO2. The predicted octanol–water partition coefficient (Wildman–Crippen LogP) is 1.43. The van der Waals surface area contributed by atoms with Crippen molar-refractivity contribution in [3.63, 3.8) is 0 Å². The van der Waals surface area contributed by atoms with Gasteiger partial charge in [0.05, 0.1) is 5.69 Å². The summed E-state index contributed by atoms with van der Waals surface area (Å²) in [6.07, 6.45) is 3.47. The van der Waals surface area contributed by atoms with Crippen molar-refractivity contribution in [2.24, 2.45) is 0 Å². The first-order chi connectivity index (χ1) is 5.35. The van der Waals surface area contributed by atoms with Crippen molar-refractivity contribution in [2.75, 3.05) is 0 Å². The first-order valence-electron chi connectivity index (χ1n) is 2.96. The SMILES string of the molecule is C=Cc1ccccn1.O=CO. The van der Waals surface area contributed by atoms with Gasteiger partial charge in [-0.25, -0.2) is 0 Å². The lowest BCUT2D eigenvalue weighted by Gasteiger charge is -1.84. The Labute approximate surface area is 65.0 Å². The van der Waals surface area contributed by atoms with Gasteiger partial charge in [0, 0.05) is 6.20 Å². The van der Waals surface area contributed by atoms with E-state index < -0.39 is 0 Å². The first-order valence-corrected chi connectivity index (χ1v) is 2.96. The van der Waals surface area contributed by atoms with Gasteiger partial charge in [0.25, 0.3) is 6.47 Å². The standard InChI is InChI=1S/C7H7N.CH2O2/c1-2-7-5-3-4-6-8-7;2-1-3/h2-6H,1H2;1H,(H,2,3). The number of hydrogen-bond donors (Lipinski definition) is 1. The van der Waals surface area contributed by atoms with Gasteiger partial charge < -0.3 is 5.11 Å². The first kappa shape index (κ1) is 9.36. The van der Waals surface area contributed by atoms with Crippen molar-refractivity contribution < 1.29 is 9.90 Å². The molecule has 0 amide bonds. The van der Waals surface area contributed by atoms with E-state index in [1.807, 2.05) is 18.2 Å². The molecule has 0 spiro atoms. The lowest BCUT2D eigenvalue weighted by atomic mass is 10.4. The third kappa shape index (κ3) is 4.84. The minimum atomic E-state index is -0.250. The monoisotopic (exact) mass is 151 g/mol. The van der Waals surface area contributed by atoms with E-state index in [0.29, 0.717) is 0 Å². The number of pyridine rings is 1. The van der Waals surface area contributed by atoms with Gasteiger partial charge in [0.2, 0.25) is 0 Å². The molecule has 3 heteroatoms. The molecule has 1 rings (SSSR count). The molecule has 0 atom stereocenters. The summed E-state index contributed by atoms with van der Waals surface area (Å²) in [5.41, 5.74) is 0.924. The Hall–Kier alpha value is -1.64. The number of carbonyl (C=O) groups is 1. The fourth-order valence-electron chi connectivity index (χ4n) is 0.497. The molecule has 1 aromatic heterocycles. The van der Waals surface area contributed by atoms with Gasteiger partial charge in [-0.1, -0.05) is 12.6 Å². The summed E-state index contributed by atoms with van der Waals surface area (Å²) >= 11 is 0. The fraction of sp³-hybridized carbons (Fsp3) is 0. The summed E-state index contributed by atoms with van der Waals surface area (Å²) in [7, 11) is 0. The maximum atomic E-state index is 8.36. The molecule has 3 nitrogen and oxygen atoms in total. The van der Waals surface area contributed by atoms with Crippen LogP contribution in [0.4, 0.5) is 0 Å². The average Bonchev–Trinajstić information content (AvgIpc) is 2.08. The maximum Gasteiger partial charge on any atom is 0.290 e. The van der Waals surface area contributed by atoms with Crippen molar-refractivity contribution in [1.29, 1.82) is 0 Å². The second kappa shape index (κ2) is 6.48. The Bertz CT molecular complexity index is 209. The van der Waals surface area contributed by atoms with E-state index in [2.05, 4.69) is 11.6 Å². The maximum absolute atomic E-state index is 8.36. The van der Waals surface area contributed by atoms with Crippen LogP contribution in [0.1, 0.15) is 5.69 Å². The van der Waals surface area contributed by atoms with E-state index in [1.165, 1.54) is 0 Å². The van der Waals surface area contributed by atoms with Crippen LogP contribution in [0.3, 0.4) is 0 Å². The lowest BCUT2D eigenvalue weighted by molar-refractivity contribution is -0.122. The minimum absolute atomic E-state index is 0.250. The van der Waals surface area contributed by atoms with Crippen molar-refractivity contribution in [1.82, 2.24) is 4.98 Å². The van der Waals surface area contributed by atoms with Gasteiger partial charge in [-0.3, -0.25) is 9.78 Å². The van der Waals surface area contributed by atoms with Crippen LogP contribution in [0, 0.1) is 0 Å². The van der Waals surface area contributed by atoms with Crippen molar-refractivity contribution >= 4 is 12.5 Å². The molecule has 1 aromatic rings. The normalized spacial score (nSPS) is 7.27. The quantitative estimate of drug-likeness (QED) is 0.617. The Kier molecular flexibility index (Phi) is 5.51. The van der Waals surface area contributed by atoms with Crippen molar-refractivity contribution in [3.8, 4) is 0 Å². The summed E-state index contributed by atoms with van der Waals surface area (Å²) in [4.78, 5) is 12.3. The Morgan fingerprint density at radius 1 is 1.55 bits per heavy atom. The molecule has 0 unspecified atom stereocenters. The van der Waals surface area contributed by atoms with Gasteiger partial charge >= 0.3 is 0 Å². The summed E-state index contributed by atoms with van der Waals surface area (Å²) in [6.45, 7) is 3.32. The van der Waals surface area contributed by atoms with Gasteiger partial charge in [-0.15, -0.1) is 0 Å². The van der Waals surface area contributed by atoms with Crippen LogP contribution >= 0.6 is 0 Å². The van der Waals surface area contributed by atoms with Crippen LogP contribution in [0.15, 0.2) is 31.0 Å². The van der Waals surface area contributed by atoms with Gasteiger partial charge in [-0.05, 0) is 18.2 Å². The van der Waals surface area contributed by atoms with Gasteiger partial charge in [0.15, 0.2) is 0 Å². The number of rotatable bonds is 1. The highest BCUT2D eigenvalue weighted by atomic mass is 16.3. The van der Waals surface area contributed by atoms with Crippen LogP contribution in [-0.2, 0) is 4.79 Å². The number of aromatic nitrogens is 1. The largest absolute Gasteiger partial charge is 0.483 e. The van der Waals surface area contributed by atoms with Gasteiger partial charge in [0.1, 0.15) is 0 Å². The van der Waals surface area contributed by atoms with E-state index in [9.17, 15) is 0 Å². The van der Waals surface area contributed by atoms with E-state index in [4.69, 9.17) is 9.90 Å². The highest BCUT2D eigenvalue weighted by Crippen LogP contribution is 1.91. The molecule has 11 heavy (non-hydrogen) atoms. The molecule has 0 bridgehead atoms. The molecule has 0 aromatic carbocycles. The van der Waals surface area contributed by atoms with Crippen LogP contribution in [-0.4, -0.2) is 16.6 Å². The Morgan fingerprint density at radius 2 is 2.18 bits per heavy atom. The topological polar surface area (TPSA) is 50.2 Å². The smallest absolute Gasteiger partial charge is 0.290 e. The number of nitrogens with zero attached hydrogens (tertiary/aromatic N) is 1. The summed E-state index contributed by atoms with van der Waals surface area (Å²) in [5, 5.41) is 6.89. The third-order valence-electron chi connectivity index (χ3n) is 0.897. The van der Waals surface area contributed by atoms with E-state index in [1.54, 1.807) is 12.3 Å². The molecule has 0 fully saturated rings. The van der Waals surface area contributed by atoms with E-state index >= 15 is 0 Å². The zero-order chi connectivity index (χ0) is 8.53. The summed E-state index contributed by atoms with van der Waals surface area (Å²) in [5.74, 6) is 0. The molecule has 1 heterocycles. The second-order valence-electron chi connectivity index (χ2n) is 1.56. The highest BCUT2D eigenvalue weighted by molar-refractivity contribution is 5.40. The predicted molar refractivity (Wildman–Crippen MR) is 43.0 cm³/mol. The molecule has 0 saturated carbocycles. The van der Waals surface area contributed by atoms with Gasteiger partial charge in [-0.2, -0.15) is 0 Å². The zero-order valence-electron chi connectivity index (χ0n) is 5.97. The minimum Gasteiger partial charge on any atom is -0.483 e. The molecule has 0 aliphatic heterocycles. The average molecular weight is 151 g/mol. The highest BCUT2D eigenvalue weighted by Gasteiger charge is 1.77. The molecule has 58 valence electrons. The van der Waals surface area contributed by atoms with Crippen LogP contribution in [0.25, 0.3) is 6.08 Å². The molecule has 1 N–H and O–H groups in total. The number of hydrogen-bond acceptors (Lipinski definition) is 2. The van der Waals surface area contributed by atoms with Crippen LogP contribution in [0.5, 0.6) is 0 Å². The Morgan fingerprint density at radius 3 is 2.45 bits per heavy atom. The molecule has 0 radical (unpaired) electrons. The molecular weight excluding hydrogens is 142 g/mol. The van der Waals surface area contributed by atoms with Crippen molar-refractivity contribution in [3.05, 3.63) is 36.7 Å². The lowest BCUT2D eigenvalue weighted by Crippen LogP contribution is -1.73. The Balaban J connectivity index is 0.000000292. The molecule has 0 saturated heterocycles.